The third-order valence-corrected chi connectivity index (χ3v) is 3.83. The van der Waals surface area contributed by atoms with Crippen molar-refractivity contribution in [2.24, 2.45) is 0 Å². The van der Waals surface area contributed by atoms with Crippen LogP contribution in [0.5, 0.6) is 0 Å². The number of thioether (sulfide) groups is 1. The summed E-state index contributed by atoms with van der Waals surface area (Å²) >= 11 is 1.96. The zero-order chi connectivity index (χ0) is 10.9. The molecule has 0 aromatic heterocycles. The van der Waals surface area contributed by atoms with Crippen LogP contribution in [0.3, 0.4) is 0 Å². The minimum Gasteiger partial charge on any atom is -0.381 e. The van der Waals surface area contributed by atoms with Crippen molar-refractivity contribution < 1.29 is 4.74 Å². The summed E-state index contributed by atoms with van der Waals surface area (Å²) < 4.78 is 5.25. The van der Waals surface area contributed by atoms with Crippen molar-refractivity contribution in [1.29, 1.82) is 0 Å². The molecule has 0 radical (unpaired) electrons. The van der Waals surface area contributed by atoms with Crippen molar-refractivity contribution in [2.75, 3.05) is 25.7 Å². The van der Waals surface area contributed by atoms with E-state index in [4.69, 9.17) is 4.74 Å². The highest BCUT2D eigenvalue weighted by Crippen LogP contribution is 2.22. The van der Waals surface area contributed by atoms with Crippen LogP contribution in [-0.4, -0.2) is 37.8 Å². The molecule has 0 heterocycles. The quantitative estimate of drug-likeness (QED) is 0.617. The Morgan fingerprint density at radius 1 is 1.20 bits per heavy atom. The van der Waals surface area contributed by atoms with Crippen LogP contribution in [0.25, 0.3) is 0 Å². The average Bonchev–Trinajstić information content (AvgIpc) is 2.19. The number of hydrogen-bond donors (Lipinski definition) is 1. The molecule has 1 fully saturated rings. The van der Waals surface area contributed by atoms with Gasteiger partial charge in [-0.1, -0.05) is 12.8 Å². The molecule has 0 amide bonds. The lowest BCUT2D eigenvalue weighted by atomic mass is 9.89. The van der Waals surface area contributed by atoms with Crippen LogP contribution in [-0.2, 0) is 4.74 Å². The molecule has 0 saturated heterocycles. The van der Waals surface area contributed by atoms with Crippen LogP contribution < -0.4 is 5.32 Å². The first kappa shape index (κ1) is 13.3. The zero-order valence-corrected chi connectivity index (χ0v) is 10.9. The normalized spacial score (nSPS) is 25.2. The Hall–Kier alpha value is 0.270. The molecule has 1 aliphatic rings. The average molecular weight is 231 g/mol. The zero-order valence-electron chi connectivity index (χ0n) is 10.1. The van der Waals surface area contributed by atoms with Gasteiger partial charge >= 0.3 is 0 Å². The molecule has 0 spiro atoms. The number of rotatable bonds is 9. The Labute approximate surface area is 98.5 Å². The van der Waals surface area contributed by atoms with Gasteiger partial charge < -0.3 is 10.1 Å². The molecule has 90 valence electrons. The minimum atomic E-state index is 0.532. The molecule has 0 unspecified atom stereocenters. The standard InChI is InChI=1S/C12H25NOS/c1-14-12-9-11(10-12)13-7-5-3-4-6-8-15-2/h11-13H,3-10H2,1-2H3. The van der Waals surface area contributed by atoms with Crippen molar-refractivity contribution in [2.45, 2.75) is 50.7 Å². The van der Waals surface area contributed by atoms with Gasteiger partial charge in [0.1, 0.15) is 0 Å². The first-order valence-corrected chi connectivity index (χ1v) is 7.51. The second-order valence-corrected chi connectivity index (χ2v) is 5.37. The van der Waals surface area contributed by atoms with Crippen LogP contribution in [0.1, 0.15) is 38.5 Å². The van der Waals surface area contributed by atoms with E-state index in [1.165, 1.54) is 50.8 Å². The molecule has 2 nitrogen and oxygen atoms in total. The third-order valence-electron chi connectivity index (χ3n) is 3.14. The summed E-state index contributed by atoms with van der Waals surface area (Å²) in [6.07, 6.45) is 10.6. The fourth-order valence-corrected chi connectivity index (χ4v) is 2.45. The van der Waals surface area contributed by atoms with E-state index in [1.54, 1.807) is 0 Å². The van der Waals surface area contributed by atoms with Gasteiger partial charge in [0.15, 0.2) is 0 Å². The van der Waals surface area contributed by atoms with E-state index in [0.717, 1.165) is 6.04 Å². The van der Waals surface area contributed by atoms with Gasteiger partial charge in [0, 0.05) is 13.2 Å². The number of nitrogens with one attached hydrogen (secondary N) is 1. The SMILES string of the molecule is COC1CC(NCCCCCCSC)C1. The number of hydrogen-bond acceptors (Lipinski definition) is 3. The maximum Gasteiger partial charge on any atom is 0.0601 e. The van der Waals surface area contributed by atoms with Crippen molar-refractivity contribution in [3.05, 3.63) is 0 Å². The first-order chi connectivity index (χ1) is 7.36. The molecule has 3 heteroatoms. The Morgan fingerprint density at radius 2 is 1.93 bits per heavy atom. The number of unbranched alkanes of at least 4 members (excludes halogenated alkanes) is 3. The van der Waals surface area contributed by atoms with E-state index in [0.29, 0.717) is 6.10 Å². The fourth-order valence-electron chi connectivity index (χ4n) is 1.96. The Kier molecular flexibility index (Phi) is 7.49. The van der Waals surface area contributed by atoms with Crippen molar-refractivity contribution >= 4 is 11.8 Å². The summed E-state index contributed by atoms with van der Waals surface area (Å²) in [6.45, 7) is 1.19. The Morgan fingerprint density at radius 3 is 2.60 bits per heavy atom. The largest absolute Gasteiger partial charge is 0.381 e. The summed E-state index contributed by atoms with van der Waals surface area (Å²) in [5, 5.41) is 3.59. The van der Waals surface area contributed by atoms with E-state index in [9.17, 15) is 0 Å². The predicted octanol–water partition coefficient (Wildman–Crippen LogP) is 2.68. The summed E-state index contributed by atoms with van der Waals surface area (Å²) in [4.78, 5) is 0. The second-order valence-electron chi connectivity index (χ2n) is 4.39. The molecule has 1 saturated carbocycles. The highest BCUT2D eigenvalue weighted by Gasteiger charge is 2.27. The molecular weight excluding hydrogens is 206 g/mol. The molecule has 1 aliphatic carbocycles. The summed E-state index contributed by atoms with van der Waals surface area (Å²) in [5.41, 5.74) is 0. The molecular formula is C12H25NOS. The van der Waals surface area contributed by atoms with Gasteiger partial charge in [-0.15, -0.1) is 0 Å². The van der Waals surface area contributed by atoms with E-state index in [2.05, 4.69) is 11.6 Å². The summed E-state index contributed by atoms with van der Waals surface area (Å²) in [6, 6.07) is 0.737. The topological polar surface area (TPSA) is 21.3 Å². The fraction of sp³-hybridized carbons (Fsp3) is 1.00. The molecule has 15 heavy (non-hydrogen) atoms. The smallest absolute Gasteiger partial charge is 0.0601 e. The molecule has 0 aromatic carbocycles. The van der Waals surface area contributed by atoms with Crippen LogP contribution in [0.15, 0.2) is 0 Å². The van der Waals surface area contributed by atoms with Crippen molar-refractivity contribution in [3.63, 3.8) is 0 Å². The lowest BCUT2D eigenvalue weighted by Crippen LogP contribution is -2.45. The van der Waals surface area contributed by atoms with Gasteiger partial charge in [0.05, 0.1) is 6.10 Å². The van der Waals surface area contributed by atoms with Gasteiger partial charge in [-0.25, -0.2) is 0 Å². The van der Waals surface area contributed by atoms with E-state index < -0.39 is 0 Å². The van der Waals surface area contributed by atoms with E-state index >= 15 is 0 Å². The van der Waals surface area contributed by atoms with Gasteiger partial charge in [-0.2, -0.15) is 11.8 Å². The van der Waals surface area contributed by atoms with Crippen molar-refractivity contribution in [1.82, 2.24) is 5.32 Å². The highest BCUT2D eigenvalue weighted by molar-refractivity contribution is 7.98. The maximum atomic E-state index is 5.25. The second kappa shape index (κ2) is 8.43. The maximum absolute atomic E-state index is 5.25. The lowest BCUT2D eigenvalue weighted by Gasteiger charge is -2.34. The van der Waals surface area contributed by atoms with Crippen LogP contribution in [0, 0.1) is 0 Å². The van der Waals surface area contributed by atoms with Crippen molar-refractivity contribution in [3.8, 4) is 0 Å². The molecule has 0 aromatic rings. The molecule has 0 aliphatic heterocycles. The van der Waals surface area contributed by atoms with Crippen LogP contribution in [0.2, 0.25) is 0 Å². The summed E-state index contributed by atoms with van der Waals surface area (Å²) in [5.74, 6) is 1.32. The van der Waals surface area contributed by atoms with Gasteiger partial charge in [0.2, 0.25) is 0 Å². The molecule has 1 rings (SSSR count). The number of ether oxygens (including phenoxy) is 1. The lowest BCUT2D eigenvalue weighted by molar-refractivity contribution is 0.0175. The third kappa shape index (κ3) is 5.79. The Balaban J connectivity index is 1.74. The minimum absolute atomic E-state index is 0.532. The molecule has 0 atom stereocenters. The predicted molar refractivity (Wildman–Crippen MR) is 68.7 cm³/mol. The van der Waals surface area contributed by atoms with E-state index in [1.807, 2.05) is 18.9 Å². The molecule has 1 N–H and O–H groups in total. The highest BCUT2D eigenvalue weighted by atomic mass is 32.2. The van der Waals surface area contributed by atoms with Crippen LogP contribution >= 0.6 is 11.8 Å². The summed E-state index contributed by atoms with van der Waals surface area (Å²) in [7, 11) is 1.81. The molecule has 0 bridgehead atoms. The van der Waals surface area contributed by atoms with Gasteiger partial charge in [-0.3, -0.25) is 0 Å². The van der Waals surface area contributed by atoms with Gasteiger partial charge in [0.25, 0.3) is 0 Å². The Bertz CT molecular complexity index is 149. The van der Waals surface area contributed by atoms with Gasteiger partial charge in [-0.05, 0) is 44.2 Å². The number of methoxy groups -OCH3 is 1. The first-order valence-electron chi connectivity index (χ1n) is 6.12. The van der Waals surface area contributed by atoms with Crippen LogP contribution in [0.4, 0.5) is 0 Å². The van der Waals surface area contributed by atoms with E-state index in [-0.39, 0.29) is 0 Å². The monoisotopic (exact) mass is 231 g/mol.